The van der Waals surface area contributed by atoms with Crippen LogP contribution in [0.1, 0.15) is 104 Å². The highest BCUT2D eigenvalue weighted by atomic mass is 19.2. The Labute approximate surface area is 191 Å². The van der Waals surface area contributed by atoms with Crippen molar-refractivity contribution >= 4 is 0 Å². The van der Waals surface area contributed by atoms with Crippen LogP contribution in [0, 0.1) is 35.0 Å². The van der Waals surface area contributed by atoms with Crippen molar-refractivity contribution < 1.29 is 22.0 Å². The standard InChI is InChI=1S/C13H20.C12H13F5.C2H6/c1-4-8-13(11(2)3)12-9-6-5-7-10-12;1-3-5-6(4-2)7-8(13)10(15)12(17)11(16)9(7)14;1-2/h5-7,9-11,13H,4,8H2,1-3H3;6H,3-5H2,1-2H3;1-2H3. The van der Waals surface area contributed by atoms with Gasteiger partial charge >= 0.3 is 0 Å². The molecule has 0 saturated heterocycles. The first-order chi connectivity index (χ1) is 15.2. The van der Waals surface area contributed by atoms with E-state index in [4.69, 9.17) is 0 Å². The van der Waals surface area contributed by atoms with Crippen molar-refractivity contribution in [3.63, 3.8) is 0 Å². The van der Waals surface area contributed by atoms with Crippen LogP contribution >= 0.6 is 0 Å². The van der Waals surface area contributed by atoms with Gasteiger partial charge in [0.2, 0.25) is 5.82 Å². The summed E-state index contributed by atoms with van der Waals surface area (Å²) in [5, 5.41) is 0. The van der Waals surface area contributed by atoms with Crippen molar-refractivity contribution in [2.45, 2.75) is 92.4 Å². The van der Waals surface area contributed by atoms with E-state index in [-0.39, 0.29) is 0 Å². The van der Waals surface area contributed by atoms with Gasteiger partial charge in [-0.25, -0.2) is 22.0 Å². The SMILES string of the molecule is CC.CCCC(CC)c1c(F)c(F)c(F)c(F)c1F.CCCC(c1ccccc1)C(C)C. The molecule has 5 heteroatoms. The molecule has 2 rings (SSSR count). The van der Waals surface area contributed by atoms with Crippen molar-refractivity contribution in [3.8, 4) is 0 Å². The van der Waals surface area contributed by atoms with Gasteiger partial charge in [-0.05, 0) is 42.6 Å². The van der Waals surface area contributed by atoms with Gasteiger partial charge < -0.3 is 0 Å². The van der Waals surface area contributed by atoms with Gasteiger partial charge in [-0.2, -0.15) is 0 Å². The Morgan fingerprint density at radius 3 is 1.47 bits per heavy atom. The van der Waals surface area contributed by atoms with E-state index in [9.17, 15) is 22.0 Å². The molecule has 0 spiro atoms. The van der Waals surface area contributed by atoms with E-state index < -0.39 is 40.6 Å². The fourth-order valence-corrected chi connectivity index (χ4v) is 3.78. The minimum Gasteiger partial charge on any atom is -0.203 e. The van der Waals surface area contributed by atoms with Crippen LogP contribution in [0.5, 0.6) is 0 Å². The average Bonchev–Trinajstić information content (AvgIpc) is 2.81. The molecule has 2 atom stereocenters. The van der Waals surface area contributed by atoms with Crippen molar-refractivity contribution in [3.05, 3.63) is 70.5 Å². The van der Waals surface area contributed by atoms with Crippen LogP contribution in [0.25, 0.3) is 0 Å². The summed E-state index contributed by atoms with van der Waals surface area (Å²) in [4.78, 5) is 0. The van der Waals surface area contributed by atoms with Crippen LogP contribution in [0.2, 0.25) is 0 Å². The lowest BCUT2D eigenvalue weighted by atomic mass is 9.85. The largest absolute Gasteiger partial charge is 0.203 e. The van der Waals surface area contributed by atoms with Crippen molar-refractivity contribution in [2.24, 2.45) is 5.92 Å². The summed E-state index contributed by atoms with van der Waals surface area (Å²) in [5.74, 6) is -8.40. The minimum atomic E-state index is -2.10. The Kier molecular flexibility index (Phi) is 14.9. The molecule has 0 heterocycles. The first-order valence-electron chi connectivity index (χ1n) is 11.8. The first kappa shape index (κ1) is 30.1. The Balaban J connectivity index is 0.000000574. The third-order valence-electron chi connectivity index (χ3n) is 5.41. The van der Waals surface area contributed by atoms with Crippen molar-refractivity contribution in [1.82, 2.24) is 0 Å². The molecule has 0 saturated carbocycles. The fraction of sp³-hybridized carbons (Fsp3) is 0.556. The predicted octanol–water partition coefficient (Wildman–Crippen LogP) is 9.93. The lowest BCUT2D eigenvalue weighted by molar-refractivity contribution is 0.360. The summed E-state index contributed by atoms with van der Waals surface area (Å²) < 4.78 is 65.7. The maximum Gasteiger partial charge on any atom is 0.200 e. The Hall–Kier alpha value is -1.91. The summed E-state index contributed by atoms with van der Waals surface area (Å²) in [6.07, 6.45) is 3.90. The second kappa shape index (κ2) is 15.8. The van der Waals surface area contributed by atoms with E-state index in [1.54, 1.807) is 13.8 Å². The molecular formula is C27H39F5. The first-order valence-corrected chi connectivity index (χ1v) is 11.8. The lowest BCUT2D eigenvalue weighted by Crippen LogP contribution is -2.11. The van der Waals surface area contributed by atoms with Gasteiger partial charge in [-0.1, -0.05) is 91.6 Å². The molecule has 0 N–H and O–H groups in total. The molecule has 2 aromatic rings. The fourth-order valence-electron chi connectivity index (χ4n) is 3.78. The zero-order valence-corrected chi connectivity index (χ0v) is 20.5. The monoisotopic (exact) mass is 458 g/mol. The van der Waals surface area contributed by atoms with E-state index in [0.717, 1.165) is 11.8 Å². The Bertz CT molecular complexity index is 742. The quantitative estimate of drug-likeness (QED) is 0.210. The normalized spacial score (nSPS) is 12.4. The Morgan fingerprint density at radius 1 is 0.656 bits per heavy atom. The highest BCUT2D eigenvalue weighted by Gasteiger charge is 2.29. The van der Waals surface area contributed by atoms with E-state index in [2.05, 4.69) is 51.1 Å². The zero-order chi connectivity index (χ0) is 24.8. The van der Waals surface area contributed by atoms with Gasteiger partial charge in [-0.3, -0.25) is 0 Å². The summed E-state index contributed by atoms with van der Waals surface area (Å²) in [5.41, 5.74) is 0.810. The number of halogens is 5. The van der Waals surface area contributed by atoms with Gasteiger partial charge in [0.1, 0.15) is 0 Å². The molecule has 0 aliphatic carbocycles. The van der Waals surface area contributed by atoms with Gasteiger partial charge in [0.15, 0.2) is 23.3 Å². The van der Waals surface area contributed by atoms with Crippen LogP contribution in [0.15, 0.2) is 30.3 Å². The van der Waals surface area contributed by atoms with Gasteiger partial charge in [-0.15, -0.1) is 0 Å². The van der Waals surface area contributed by atoms with Gasteiger partial charge in [0.05, 0.1) is 0 Å². The van der Waals surface area contributed by atoms with Crippen LogP contribution in [-0.4, -0.2) is 0 Å². The van der Waals surface area contributed by atoms with Gasteiger partial charge in [0, 0.05) is 5.56 Å². The summed E-state index contributed by atoms with van der Waals surface area (Å²) >= 11 is 0. The summed E-state index contributed by atoms with van der Waals surface area (Å²) in [6, 6.07) is 10.9. The van der Waals surface area contributed by atoms with Crippen LogP contribution in [0.3, 0.4) is 0 Å². The van der Waals surface area contributed by atoms with Crippen LogP contribution in [0.4, 0.5) is 22.0 Å². The average molecular weight is 459 g/mol. The molecule has 0 fully saturated rings. The van der Waals surface area contributed by atoms with E-state index in [1.807, 2.05) is 13.8 Å². The molecule has 0 amide bonds. The van der Waals surface area contributed by atoms with E-state index >= 15 is 0 Å². The molecule has 182 valence electrons. The van der Waals surface area contributed by atoms with Gasteiger partial charge in [0.25, 0.3) is 0 Å². The van der Waals surface area contributed by atoms with Crippen LogP contribution in [-0.2, 0) is 0 Å². The molecule has 2 aromatic carbocycles. The smallest absolute Gasteiger partial charge is 0.200 e. The highest BCUT2D eigenvalue weighted by molar-refractivity contribution is 5.27. The topological polar surface area (TPSA) is 0 Å². The van der Waals surface area contributed by atoms with Crippen molar-refractivity contribution in [1.29, 1.82) is 0 Å². The number of hydrogen-bond donors (Lipinski definition) is 0. The van der Waals surface area contributed by atoms with Crippen molar-refractivity contribution in [2.75, 3.05) is 0 Å². The lowest BCUT2D eigenvalue weighted by Gasteiger charge is -2.20. The third-order valence-corrected chi connectivity index (χ3v) is 5.41. The second-order valence-corrected chi connectivity index (χ2v) is 7.93. The van der Waals surface area contributed by atoms with E-state index in [0.29, 0.717) is 19.3 Å². The van der Waals surface area contributed by atoms with E-state index in [1.165, 1.54) is 18.4 Å². The molecule has 0 aliphatic rings. The maximum atomic E-state index is 13.4. The number of hydrogen-bond acceptors (Lipinski definition) is 0. The minimum absolute atomic E-state index is 0.326. The predicted molar refractivity (Wildman–Crippen MR) is 124 cm³/mol. The second-order valence-electron chi connectivity index (χ2n) is 7.93. The maximum absolute atomic E-state index is 13.4. The summed E-state index contributed by atoms with van der Waals surface area (Å²) in [7, 11) is 0. The molecular weight excluding hydrogens is 419 g/mol. The third kappa shape index (κ3) is 8.22. The molecule has 32 heavy (non-hydrogen) atoms. The number of rotatable bonds is 8. The molecule has 0 aliphatic heterocycles. The Morgan fingerprint density at radius 2 is 1.09 bits per heavy atom. The highest BCUT2D eigenvalue weighted by Crippen LogP contribution is 2.33. The molecule has 2 unspecified atom stereocenters. The molecule has 0 nitrogen and oxygen atoms in total. The molecule has 0 bridgehead atoms. The molecule has 0 radical (unpaired) electrons. The molecule has 0 aromatic heterocycles. The zero-order valence-electron chi connectivity index (χ0n) is 20.5. The number of benzene rings is 2. The summed E-state index contributed by atoms with van der Waals surface area (Å²) in [6.45, 7) is 14.3. The van der Waals surface area contributed by atoms with Crippen LogP contribution < -0.4 is 0 Å².